The Morgan fingerprint density at radius 1 is 1.44 bits per heavy atom. The molecule has 18 heavy (non-hydrogen) atoms. The first-order chi connectivity index (χ1) is 8.79. The van der Waals surface area contributed by atoms with Gasteiger partial charge < -0.3 is 15.3 Å². The van der Waals surface area contributed by atoms with Crippen molar-refractivity contribution in [2.24, 2.45) is 5.92 Å². The van der Waals surface area contributed by atoms with Gasteiger partial charge in [0.2, 0.25) is 0 Å². The van der Waals surface area contributed by atoms with Crippen molar-refractivity contribution in [1.29, 1.82) is 0 Å². The molecule has 0 saturated heterocycles. The second-order valence-electron chi connectivity index (χ2n) is 4.92. The Morgan fingerprint density at radius 2 is 2.28 bits per heavy atom. The van der Waals surface area contributed by atoms with Crippen molar-refractivity contribution in [1.82, 2.24) is 9.97 Å². The predicted octanol–water partition coefficient (Wildman–Crippen LogP) is 1.51. The van der Waals surface area contributed by atoms with Gasteiger partial charge in [-0.3, -0.25) is 0 Å². The van der Waals surface area contributed by atoms with Crippen LogP contribution in [0.15, 0.2) is 12.4 Å². The van der Waals surface area contributed by atoms with Crippen molar-refractivity contribution >= 4 is 11.6 Å². The van der Waals surface area contributed by atoms with Gasteiger partial charge >= 0.3 is 0 Å². The molecule has 1 heterocycles. The average molecular weight is 250 g/mol. The van der Waals surface area contributed by atoms with Gasteiger partial charge in [-0.25, -0.2) is 9.97 Å². The largest absolute Gasteiger partial charge is 0.395 e. The van der Waals surface area contributed by atoms with Crippen LogP contribution >= 0.6 is 0 Å². The van der Waals surface area contributed by atoms with Crippen LogP contribution in [0.4, 0.5) is 11.6 Å². The van der Waals surface area contributed by atoms with Crippen LogP contribution in [-0.4, -0.2) is 41.8 Å². The highest BCUT2D eigenvalue weighted by Gasteiger charge is 2.17. The summed E-state index contributed by atoms with van der Waals surface area (Å²) in [6, 6.07) is 1.93. The minimum absolute atomic E-state index is 0.108. The summed E-state index contributed by atoms with van der Waals surface area (Å²) in [6.07, 6.45) is 6.99. The number of rotatable bonds is 7. The van der Waals surface area contributed by atoms with E-state index in [1.54, 1.807) is 6.33 Å². The molecule has 5 heteroatoms. The van der Waals surface area contributed by atoms with E-state index in [1.165, 1.54) is 25.7 Å². The molecule has 0 spiro atoms. The summed E-state index contributed by atoms with van der Waals surface area (Å²) in [5.41, 5.74) is 0. The number of hydrogen-bond acceptors (Lipinski definition) is 5. The van der Waals surface area contributed by atoms with Crippen molar-refractivity contribution in [2.75, 3.05) is 37.0 Å². The molecular weight excluding hydrogens is 228 g/mol. The lowest BCUT2D eigenvalue weighted by molar-refractivity contribution is 0.299. The molecule has 1 aliphatic carbocycles. The van der Waals surface area contributed by atoms with Crippen molar-refractivity contribution in [3.8, 4) is 0 Å². The molecule has 1 fully saturated rings. The van der Waals surface area contributed by atoms with Crippen LogP contribution in [0.25, 0.3) is 0 Å². The smallest absolute Gasteiger partial charge is 0.133 e. The van der Waals surface area contributed by atoms with Crippen molar-refractivity contribution < 1.29 is 5.11 Å². The summed E-state index contributed by atoms with van der Waals surface area (Å²) < 4.78 is 0. The fraction of sp³-hybridized carbons (Fsp3) is 0.692. The molecule has 0 atom stereocenters. The van der Waals surface area contributed by atoms with Gasteiger partial charge in [0.05, 0.1) is 6.61 Å². The van der Waals surface area contributed by atoms with Crippen molar-refractivity contribution in [3.05, 3.63) is 12.4 Å². The van der Waals surface area contributed by atoms with Crippen LogP contribution < -0.4 is 10.2 Å². The molecule has 1 aromatic rings. The molecule has 0 aromatic carbocycles. The third kappa shape index (κ3) is 3.57. The Kier molecular flexibility index (Phi) is 4.75. The topological polar surface area (TPSA) is 61.3 Å². The van der Waals surface area contributed by atoms with Gasteiger partial charge in [-0.15, -0.1) is 0 Å². The maximum absolute atomic E-state index is 8.77. The summed E-state index contributed by atoms with van der Waals surface area (Å²) in [6.45, 7) is 1.67. The fourth-order valence-corrected chi connectivity index (χ4v) is 2.11. The number of anilines is 2. The summed E-state index contributed by atoms with van der Waals surface area (Å²) in [4.78, 5) is 10.6. The summed E-state index contributed by atoms with van der Waals surface area (Å²) in [5.74, 6) is 2.62. The highest BCUT2D eigenvalue weighted by atomic mass is 16.3. The molecule has 2 rings (SSSR count). The molecular formula is C13H22N4O. The molecule has 0 bridgehead atoms. The van der Waals surface area contributed by atoms with E-state index in [0.29, 0.717) is 6.54 Å². The van der Waals surface area contributed by atoms with Gasteiger partial charge in [0, 0.05) is 26.2 Å². The first-order valence-electron chi connectivity index (χ1n) is 6.67. The van der Waals surface area contributed by atoms with Gasteiger partial charge in [0.25, 0.3) is 0 Å². The highest BCUT2D eigenvalue weighted by molar-refractivity contribution is 5.47. The maximum atomic E-state index is 8.77. The van der Waals surface area contributed by atoms with E-state index in [-0.39, 0.29) is 6.61 Å². The Morgan fingerprint density at radius 3 is 2.94 bits per heavy atom. The lowest BCUT2D eigenvalue weighted by Crippen LogP contribution is -2.24. The maximum Gasteiger partial charge on any atom is 0.133 e. The number of aromatic nitrogens is 2. The quantitative estimate of drug-likeness (QED) is 0.768. The van der Waals surface area contributed by atoms with Crippen molar-refractivity contribution in [2.45, 2.75) is 25.7 Å². The van der Waals surface area contributed by atoms with E-state index >= 15 is 0 Å². The van der Waals surface area contributed by atoms with Crippen LogP contribution in [0.5, 0.6) is 0 Å². The molecule has 0 aliphatic heterocycles. The molecule has 0 radical (unpaired) electrons. The standard InChI is InChI=1S/C13H22N4O/c1-17(7-5-11-3-2-4-11)13-9-12(14-6-8-18)15-10-16-13/h9-11,18H,2-8H2,1H3,(H,14,15,16). The second kappa shape index (κ2) is 6.54. The van der Waals surface area contributed by atoms with Crippen LogP contribution in [0.1, 0.15) is 25.7 Å². The number of nitrogens with one attached hydrogen (secondary N) is 1. The lowest BCUT2D eigenvalue weighted by Gasteiger charge is -2.28. The Balaban J connectivity index is 1.85. The van der Waals surface area contributed by atoms with E-state index in [0.717, 1.165) is 24.1 Å². The molecule has 1 saturated carbocycles. The fourth-order valence-electron chi connectivity index (χ4n) is 2.11. The summed E-state index contributed by atoms with van der Waals surface area (Å²) >= 11 is 0. The third-order valence-electron chi connectivity index (χ3n) is 3.56. The van der Waals surface area contributed by atoms with Crippen LogP contribution in [-0.2, 0) is 0 Å². The summed E-state index contributed by atoms with van der Waals surface area (Å²) in [7, 11) is 2.07. The monoisotopic (exact) mass is 250 g/mol. The molecule has 0 amide bonds. The van der Waals surface area contributed by atoms with Crippen LogP contribution in [0.3, 0.4) is 0 Å². The third-order valence-corrected chi connectivity index (χ3v) is 3.56. The average Bonchev–Trinajstić information content (AvgIpc) is 2.34. The number of aliphatic hydroxyl groups is 1. The van der Waals surface area contributed by atoms with Crippen LogP contribution in [0.2, 0.25) is 0 Å². The summed E-state index contributed by atoms with van der Waals surface area (Å²) in [5, 5.41) is 11.8. The molecule has 1 aromatic heterocycles. The molecule has 100 valence electrons. The molecule has 1 aliphatic rings. The van der Waals surface area contributed by atoms with Gasteiger partial charge in [-0.1, -0.05) is 19.3 Å². The predicted molar refractivity (Wildman–Crippen MR) is 72.8 cm³/mol. The van der Waals surface area contributed by atoms with E-state index in [9.17, 15) is 0 Å². The lowest BCUT2D eigenvalue weighted by atomic mass is 9.83. The van der Waals surface area contributed by atoms with Gasteiger partial charge in [0.1, 0.15) is 18.0 Å². The number of nitrogens with zero attached hydrogens (tertiary/aromatic N) is 3. The SMILES string of the molecule is CN(CCC1CCC1)c1cc(NCCO)ncn1. The second-order valence-corrected chi connectivity index (χ2v) is 4.92. The molecule has 5 nitrogen and oxygen atoms in total. The Bertz CT molecular complexity index is 368. The Hall–Kier alpha value is -1.36. The van der Waals surface area contributed by atoms with E-state index in [1.807, 2.05) is 6.07 Å². The zero-order chi connectivity index (χ0) is 12.8. The number of aliphatic hydroxyl groups excluding tert-OH is 1. The van der Waals surface area contributed by atoms with Gasteiger partial charge in [-0.2, -0.15) is 0 Å². The van der Waals surface area contributed by atoms with E-state index in [2.05, 4.69) is 27.2 Å². The van der Waals surface area contributed by atoms with Crippen LogP contribution in [0, 0.1) is 5.92 Å². The van der Waals surface area contributed by atoms with Crippen molar-refractivity contribution in [3.63, 3.8) is 0 Å². The zero-order valence-electron chi connectivity index (χ0n) is 11.0. The van der Waals surface area contributed by atoms with E-state index in [4.69, 9.17) is 5.11 Å². The molecule has 0 unspecified atom stereocenters. The van der Waals surface area contributed by atoms with Gasteiger partial charge in [0.15, 0.2) is 0 Å². The normalized spacial score (nSPS) is 15.2. The minimum atomic E-state index is 0.108. The zero-order valence-corrected chi connectivity index (χ0v) is 11.0. The highest BCUT2D eigenvalue weighted by Crippen LogP contribution is 2.29. The molecule has 2 N–H and O–H groups in total. The van der Waals surface area contributed by atoms with E-state index < -0.39 is 0 Å². The Labute approximate surface area is 108 Å². The first kappa shape index (κ1) is 13.1. The number of hydrogen-bond donors (Lipinski definition) is 2. The minimum Gasteiger partial charge on any atom is -0.395 e. The van der Waals surface area contributed by atoms with Gasteiger partial charge in [-0.05, 0) is 12.3 Å². The first-order valence-corrected chi connectivity index (χ1v) is 6.67.